The second-order valence-corrected chi connectivity index (χ2v) is 12.7. The Kier molecular flexibility index (Phi) is 7.17. The molecule has 9 heteroatoms. The van der Waals surface area contributed by atoms with Crippen LogP contribution in [0.1, 0.15) is 30.0 Å². The highest BCUT2D eigenvalue weighted by atomic mass is 35.5. The lowest BCUT2D eigenvalue weighted by molar-refractivity contribution is 0.268. The molecule has 2 aromatic carbocycles. The lowest BCUT2D eigenvalue weighted by atomic mass is 9.86. The first-order valence-electron chi connectivity index (χ1n) is 11.3. The van der Waals surface area contributed by atoms with E-state index in [1.807, 2.05) is 24.3 Å². The molecule has 7 nitrogen and oxygen atoms in total. The van der Waals surface area contributed by atoms with Crippen molar-refractivity contribution >= 4 is 47.2 Å². The maximum absolute atomic E-state index is 12.7. The van der Waals surface area contributed by atoms with Crippen molar-refractivity contribution < 1.29 is 9.30 Å². The molecule has 0 aliphatic heterocycles. The van der Waals surface area contributed by atoms with Gasteiger partial charge in [-0.05, 0) is 82.1 Å². The smallest absolute Gasteiger partial charge is 0.229 e. The lowest BCUT2D eigenvalue weighted by Gasteiger charge is -2.31. The number of para-hydroxylation sites is 1. The molecule has 1 unspecified atom stereocenters. The molecule has 1 atom stereocenters. The fourth-order valence-electron chi connectivity index (χ4n) is 4.42. The number of methoxy groups -OCH3 is 1. The monoisotopic (exact) mass is 499 g/mol. The van der Waals surface area contributed by atoms with Gasteiger partial charge in [-0.25, -0.2) is 4.98 Å². The molecular weight excluding hydrogens is 469 g/mol. The van der Waals surface area contributed by atoms with E-state index in [0.29, 0.717) is 28.5 Å². The van der Waals surface area contributed by atoms with E-state index in [4.69, 9.17) is 16.3 Å². The van der Waals surface area contributed by atoms with E-state index >= 15 is 0 Å². The third-order valence-corrected chi connectivity index (χ3v) is 7.92. The summed E-state index contributed by atoms with van der Waals surface area (Å²) in [5.41, 5.74) is 4.12. The summed E-state index contributed by atoms with van der Waals surface area (Å²) < 4.78 is 18.4. The van der Waals surface area contributed by atoms with Crippen LogP contribution in [0.2, 0.25) is 5.02 Å². The third kappa shape index (κ3) is 5.22. The summed E-state index contributed by atoms with van der Waals surface area (Å²) in [5, 5.41) is 7.66. The first-order chi connectivity index (χ1) is 16.2. The molecule has 4 rings (SSSR count). The van der Waals surface area contributed by atoms with Gasteiger partial charge in [-0.3, -0.25) is 0 Å². The van der Waals surface area contributed by atoms with Gasteiger partial charge in [-0.1, -0.05) is 23.7 Å². The van der Waals surface area contributed by atoms with Crippen molar-refractivity contribution in [1.82, 2.24) is 14.9 Å². The molecule has 180 valence electrons. The first kappa shape index (κ1) is 24.5. The van der Waals surface area contributed by atoms with E-state index in [1.54, 1.807) is 26.6 Å². The molecule has 0 radical (unpaired) electrons. The van der Waals surface area contributed by atoms with Crippen LogP contribution in [0.15, 0.2) is 42.6 Å². The number of benzene rings is 2. The molecule has 0 amide bonds. The molecule has 0 fully saturated rings. The zero-order valence-electron chi connectivity index (χ0n) is 20.2. The van der Waals surface area contributed by atoms with Gasteiger partial charge in [0.1, 0.15) is 17.9 Å². The van der Waals surface area contributed by atoms with Crippen molar-refractivity contribution in [3.8, 4) is 5.75 Å². The Bertz CT molecular complexity index is 1240. The van der Waals surface area contributed by atoms with Gasteiger partial charge in [0, 0.05) is 11.3 Å². The Labute approximate surface area is 206 Å². The van der Waals surface area contributed by atoms with Gasteiger partial charge >= 0.3 is 0 Å². The van der Waals surface area contributed by atoms with Gasteiger partial charge in [-0.15, -0.1) is 0 Å². The average molecular weight is 500 g/mol. The third-order valence-electron chi connectivity index (χ3n) is 6.10. The number of nitrogens with zero attached hydrogens (tertiary/aromatic N) is 3. The van der Waals surface area contributed by atoms with Gasteiger partial charge in [0.15, 0.2) is 5.82 Å². The minimum Gasteiger partial charge on any atom is -0.495 e. The zero-order valence-corrected chi connectivity index (χ0v) is 21.9. The highest BCUT2D eigenvalue weighted by molar-refractivity contribution is 7.70. The fraction of sp³-hybridized carbons (Fsp3) is 0.360. The van der Waals surface area contributed by atoms with Crippen molar-refractivity contribution in [2.24, 2.45) is 0 Å². The number of aromatic nitrogens is 2. The minimum atomic E-state index is -2.50. The summed E-state index contributed by atoms with van der Waals surface area (Å²) >= 11 is 6.41. The fourth-order valence-corrected chi connectivity index (χ4v) is 5.72. The van der Waals surface area contributed by atoms with Crippen LogP contribution < -0.4 is 20.7 Å². The second kappa shape index (κ2) is 9.95. The van der Waals surface area contributed by atoms with Crippen LogP contribution in [0.5, 0.6) is 5.75 Å². The number of hydrogen-bond acceptors (Lipinski definition) is 7. The Morgan fingerprint density at radius 2 is 1.91 bits per heavy atom. The van der Waals surface area contributed by atoms with Crippen molar-refractivity contribution in [3.05, 3.63) is 58.7 Å². The van der Waals surface area contributed by atoms with Crippen molar-refractivity contribution in [2.45, 2.75) is 25.3 Å². The maximum atomic E-state index is 12.7. The average Bonchev–Trinajstić information content (AvgIpc) is 2.80. The summed E-state index contributed by atoms with van der Waals surface area (Å²) in [6.45, 7) is 3.48. The van der Waals surface area contributed by atoms with Gasteiger partial charge in [0.25, 0.3) is 0 Å². The highest BCUT2D eigenvalue weighted by Crippen LogP contribution is 2.41. The number of nitrogens with one attached hydrogen (secondary N) is 2. The van der Waals surface area contributed by atoms with E-state index in [-0.39, 0.29) is 0 Å². The zero-order chi connectivity index (χ0) is 24.5. The van der Waals surface area contributed by atoms with Crippen LogP contribution >= 0.6 is 18.7 Å². The molecule has 34 heavy (non-hydrogen) atoms. The Morgan fingerprint density at radius 3 is 2.62 bits per heavy atom. The highest BCUT2D eigenvalue weighted by Gasteiger charge is 2.24. The predicted molar refractivity (Wildman–Crippen MR) is 141 cm³/mol. The predicted octanol–water partition coefficient (Wildman–Crippen LogP) is 5.81. The summed E-state index contributed by atoms with van der Waals surface area (Å²) in [6.07, 6.45) is 4.87. The van der Waals surface area contributed by atoms with E-state index < -0.39 is 7.14 Å². The van der Waals surface area contributed by atoms with E-state index in [2.05, 4.69) is 51.7 Å². The minimum absolute atomic E-state index is 0.355. The number of aryl methyl sites for hydroxylation is 1. The molecule has 3 aromatic rings. The number of fused-ring (bicyclic) bond motifs is 1. The van der Waals surface area contributed by atoms with Gasteiger partial charge in [0.05, 0.1) is 24.7 Å². The van der Waals surface area contributed by atoms with Crippen LogP contribution in [0.3, 0.4) is 0 Å². The number of halogens is 1. The summed E-state index contributed by atoms with van der Waals surface area (Å²) in [4.78, 5) is 11.2. The molecule has 1 heterocycles. The Hall–Kier alpha value is -2.60. The molecule has 0 saturated heterocycles. The Balaban J connectivity index is 1.67. The normalized spacial score (nSPS) is 15.7. The molecule has 1 aromatic heterocycles. The van der Waals surface area contributed by atoms with Gasteiger partial charge < -0.3 is 24.8 Å². The molecule has 1 aliphatic carbocycles. The van der Waals surface area contributed by atoms with Crippen molar-refractivity contribution in [1.29, 1.82) is 0 Å². The SMILES string of the molecule is COc1cc2c(cc1Nc1ncc(Cl)c(Nc3ccccc3P(C)(C)=O)n1)C(N(C)C)CCC2. The van der Waals surface area contributed by atoms with Crippen LogP contribution in [0.25, 0.3) is 0 Å². The lowest BCUT2D eigenvalue weighted by Crippen LogP contribution is -2.24. The number of ether oxygens (including phenoxy) is 1. The number of anilines is 4. The van der Waals surface area contributed by atoms with E-state index in [9.17, 15) is 4.57 Å². The number of hydrogen-bond donors (Lipinski definition) is 2. The molecule has 0 spiro atoms. The first-order valence-corrected chi connectivity index (χ1v) is 14.2. The van der Waals surface area contributed by atoms with Crippen LogP contribution in [0, 0.1) is 0 Å². The molecule has 0 bridgehead atoms. The van der Waals surface area contributed by atoms with E-state index in [0.717, 1.165) is 36.0 Å². The second-order valence-electron chi connectivity index (χ2n) is 9.13. The molecular formula is C25H31ClN5O2P. The standard InChI is InChI=1S/C25H31ClN5O2P/c1-31(2)21-11-8-9-16-13-22(33-3)20(14-17(16)21)29-25-27-15-18(26)24(30-25)28-19-10-6-7-12-23(19)34(4,5)32/h6-7,10,12-15,21H,8-9,11H2,1-5H3,(H2,27,28,29,30). The van der Waals surface area contributed by atoms with Crippen molar-refractivity contribution in [2.75, 3.05) is 45.2 Å². The number of rotatable bonds is 7. The maximum Gasteiger partial charge on any atom is 0.229 e. The topological polar surface area (TPSA) is 79.4 Å². The van der Waals surface area contributed by atoms with Gasteiger partial charge in [0.2, 0.25) is 5.95 Å². The van der Waals surface area contributed by atoms with Crippen LogP contribution in [-0.2, 0) is 11.0 Å². The molecule has 2 N–H and O–H groups in total. The molecule has 1 aliphatic rings. The summed E-state index contributed by atoms with van der Waals surface area (Å²) in [7, 11) is 3.39. The Morgan fingerprint density at radius 1 is 1.15 bits per heavy atom. The quantitative estimate of drug-likeness (QED) is 0.397. The summed E-state index contributed by atoms with van der Waals surface area (Å²) in [6, 6.07) is 12.1. The van der Waals surface area contributed by atoms with Crippen LogP contribution in [-0.4, -0.2) is 49.4 Å². The molecule has 0 saturated carbocycles. The largest absolute Gasteiger partial charge is 0.495 e. The van der Waals surface area contributed by atoms with Crippen LogP contribution in [0.4, 0.5) is 23.1 Å². The van der Waals surface area contributed by atoms with E-state index in [1.165, 1.54) is 11.1 Å². The summed E-state index contributed by atoms with van der Waals surface area (Å²) in [5.74, 6) is 1.56. The van der Waals surface area contributed by atoms with Gasteiger partial charge in [-0.2, -0.15) is 4.98 Å². The van der Waals surface area contributed by atoms with Crippen molar-refractivity contribution in [3.63, 3.8) is 0 Å².